The zero-order valence-electron chi connectivity index (χ0n) is 10.6. The lowest BCUT2D eigenvalue weighted by atomic mass is 9.89. The summed E-state index contributed by atoms with van der Waals surface area (Å²) < 4.78 is 5.75. The van der Waals surface area contributed by atoms with Crippen LogP contribution in [-0.4, -0.2) is 53.3 Å². The van der Waals surface area contributed by atoms with Crippen LogP contribution in [0.1, 0.15) is 27.2 Å². The minimum atomic E-state index is 0.101. The Morgan fingerprint density at radius 3 is 2.38 bits per heavy atom. The van der Waals surface area contributed by atoms with E-state index in [1.807, 2.05) is 0 Å². The third-order valence-corrected chi connectivity index (χ3v) is 5.29. The summed E-state index contributed by atoms with van der Waals surface area (Å²) in [5.74, 6) is 0. The Labute approximate surface area is 103 Å². The fourth-order valence-electron chi connectivity index (χ4n) is 3.12. The number of rotatable bonds is 2. The molecule has 4 heteroatoms. The molecule has 2 aliphatic rings. The molecule has 0 bridgehead atoms. The van der Waals surface area contributed by atoms with Crippen LogP contribution in [0, 0.1) is 0 Å². The zero-order valence-corrected chi connectivity index (χ0v) is 11.4. The Morgan fingerprint density at radius 2 is 1.94 bits per heavy atom. The van der Waals surface area contributed by atoms with Gasteiger partial charge in [-0.25, -0.2) is 0 Å². The molecule has 2 saturated heterocycles. The molecule has 0 aliphatic carbocycles. The second kappa shape index (κ2) is 4.84. The summed E-state index contributed by atoms with van der Waals surface area (Å²) in [6.07, 6.45) is 1.37. The molecule has 4 unspecified atom stereocenters. The Bertz CT molecular complexity index is 241. The summed E-state index contributed by atoms with van der Waals surface area (Å²) in [7, 11) is 0. The zero-order chi connectivity index (χ0) is 11.8. The highest BCUT2D eigenvalue weighted by molar-refractivity contribution is 8.00. The molecule has 94 valence electrons. The predicted molar refractivity (Wildman–Crippen MR) is 69.9 cm³/mol. The highest BCUT2D eigenvalue weighted by atomic mass is 32.2. The van der Waals surface area contributed by atoms with Gasteiger partial charge in [0.1, 0.15) is 0 Å². The first-order chi connectivity index (χ1) is 7.58. The minimum Gasteiger partial charge on any atom is -0.376 e. The van der Waals surface area contributed by atoms with E-state index in [0.29, 0.717) is 10.5 Å². The van der Waals surface area contributed by atoms with Gasteiger partial charge in [0.05, 0.1) is 11.6 Å². The largest absolute Gasteiger partial charge is 0.376 e. The summed E-state index contributed by atoms with van der Waals surface area (Å²) in [4.78, 5) is 2.59. The molecule has 0 radical (unpaired) electrons. The van der Waals surface area contributed by atoms with Crippen LogP contribution < -0.4 is 5.73 Å². The number of nitrogens with two attached hydrogens (primary N) is 1. The second-order valence-electron chi connectivity index (χ2n) is 5.23. The topological polar surface area (TPSA) is 38.5 Å². The van der Waals surface area contributed by atoms with E-state index in [2.05, 4.69) is 37.4 Å². The van der Waals surface area contributed by atoms with Crippen LogP contribution in [0.5, 0.6) is 0 Å². The van der Waals surface area contributed by atoms with Crippen molar-refractivity contribution in [2.75, 3.05) is 26.2 Å². The maximum atomic E-state index is 6.05. The molecule has 4 atom stereocenters. The molecular formula is C12H24N2OS. The van der Waals surface area contributed by atoms with Crippen molar-refractivity contribution in [2.45, 2.75) is 49.3 Å². The van der Waals surface area contributed by atoms with Crippen molar-refractivity contribution >= 4 is 11.8 Å². The lowest BCUT2D eigenvalue weighted by molar-refractivity contribution is 0.0135. The quantitative estimate of drug-likeness (QED) is 0.795. The molecule has 3 nitrogen and oxygen atoms in total. The molecule has 0 aromatic rings. The normalized spacial score (nSPS) is 46.1. The molecule has 0 aromatic carbocycles. The molecule has 2 rings (SSSR count). The first kappa shape index (κ1) is 12.7. The van der Waals surface area contributed by atoms with Crippen molar-refractivity contribution in [1.29, 1.82) is 0 Å². The second-order valence-corrected chi connectivity index (χ2v) is 7.11. The summed E-state index contributed by atoms with van der Waals surface area (Å²) in [6, 6.07) is 0. The Morgan fingerprint density at radius 1 is 1.31 bits per heavy atom. The molecule has 2 aliphatic heterocycles. The summed E-state index contributed by atoms with van der Waals surface area (Å²) in [6.45, 7) is 10.7. The Balaban J connectivity index is 2.14. The van der Waals surface area contributed by atoms with E-state index in [4.69, 9.17) is 10.5 Å². The molecule has 2 fully saturated rings. The molecule has 2 N–H and O–H groups in total. The van der Waals surface area contributed by atoms with Crippen LogP contribution in [0.2, 0.25) is 0 Å². The average molecular weight is 244 g/mol. The highest BCUT2D eigenvalue weighted by Crippen LogP contribution is 2.36. The third kappa shape index (κ3) is 2.13. The fraction of sp³-hybridized carbons (Fsp3) is 1.00. The van der Waals surface area contributed by atoms with E-state index in [1.165, 1.54) is 0 Å². The highest BCUT2D eigenvalue weighted by Gasteiger charge is 2.46. The smallest absolute Gasteiger partial charge is 0.0743 e. The van der Waals surface area contributed by atoms with Crippen molar-refractivity contribution < 1.29 is 4.74 Å². The van der Waals surface area contributed by atoms with Gasteiger partial charge in [0.25, 0.3) is 0 Å². The van der Waals surface area contributed by atoms with Gasteiger partial charge in [0.15, 0.2) is 0 Å². The lowest BCUT2D eigenvalue weighted by Crippen LogP contribution is -2.62. The maximum absolute atomic E-state index is 6.05. The molecule has 0 spiro atoms. The summed E-state index contributed by atoms with van der Waals surface area (Å²) >= 11 is 2.09. The predicted octanol–water partition coefficient (Wildman–Crippen LogP) is 1.32. The molecule has 0 saturated carbocycles. The molecular weight excluding hydrogens is 220 g/mol. The van der Waals surface area contributed by atoms with Gasteiger partial charge in [0, 0.05) is 36.7 Å². The third-order valence-electron chi connectivity index (χ3n) is 4.06. The Hall–Kier alpha value is 0.230. The first-order valence-corrected chi connectivity index (χ1v) is 7.25. The van der Waals surface area contributed by atoms with Gasteiger partial charge in [-0.1, -0.05) is 13.8 Å². The van der Waals surface area contributed by atoms with Crippen molar-refractivity contribution in [3.05, 3.63) is 0 Å². The fourth-order valence-corrected chi connectivity index (χ4v) is 4.45. The van der Waals surface area contributed by atoms with E-state index < -0.39 is 0 Å². The number of nitrogens with zero attached hydrogens (tertiary/aromatic N) is 1. The van der Waals surface area contributed by atoms with Gasteiger partial charge in [-0.2, -0.15) is 11.8 Å². The van der Waals surface area contributed by atoms with Crippen molar-refractivity contribution in [3.8, 4) is 0 Å². The number of thioether (sulfide) groups is 1. The van der Waals surface area contributed by atoms with Crippen LogP contribution in [0.3, 0.4) is 0 Å². The number of hydrogen-bond acceptors (Lipinski definition) is 4. The van der Waals surface area contributed by atoms with Crippen LogP contribution in [0.15, 0.2) is 0 Å². The lowest BCUT2D eigenvalue weighted by Gasteiger charge is -2.47. The van der Waals surface area contributed by atoms with E-state index in [0.717, 1.165) is 32.7 Å². The van der Waals surface area contributed by atoms with Crippen LogP contribution >= 0.6 is 11.8 Å². The van der Waals surface area contributed by atoms with E-state index in [9.17, 15) is 0 Å². The maximum Gasteiger partial charge on any atom is 0.0743 e. The van der Waals surface area contributed by atoms with E-state index >= 15 is 0 Å². The van der Waals surface area contributed by atoms with Crippen LogP contribution in [-0.2, 0) is 4.74 Å². The first-order valence-electron chi connectivity index (χ1n) is 6.30. The van der Waals surface area contributed by atoms with Crippen molar-refractivity contribution in [3.63, 3.8) is 0 Å². The van der Waals surface area contributed by atoms with E-state index in [-0.39, 0.29) is 11.6 Å². The molecule has 16 heavy (non-hydrogen) atoms. The van der Waals surface area contributed by atoms with Crippen molar-refractivity contribution in [1.82, 2.24) is 4.90 Å². The Kier molecular flexibility index (Phi) is 3.84. The van der Waals surface area contributed by atoms with Crippen LogP contribution in [0.4, 0.5) is 0 Å². The summed E-state index contributed by atoms with van der Waals surface area (Å²) in [5.41, 5.74) is 6.15. The summed E-state index contributed by atoms with van der Waals surface area (Å²) in [5, 5.41) is 1.42. The van der Waals surface area contributed by atoms with Crippen LogP contribution in [0.25, 0.3) is 0 Å². The van der Waals surface area contributed by atoms with Gasteiger partial charge in [-0.3, -0.25) is 4.90 Å². The van der Waals surface area contributed by atoms with Crippen molar-refractivity contribution in [2.24, 2.45) is 5.73 Å². The van der Waals surface area contributed by atoms with Gasteiger partial charge < -0.3 is 10.5 Å². The SMILES string of the molecule is CC1CN(C2(CN)CCOC2C)CC(C)S1. The molecule has 0 aromatic heterocycles. The van der Waals surface area contributed by atoms with E-state index in [1.54, 1.807) is 0 Å². The minimum absolute atomic E-state index is 0.101. The van der Waals surface area contributed by atoms with Gasteiger partial charge in [0.2, 0.25) is 0 Å². The molecule has 0 amide bonds. The van der Waals surface area contributed by atoms with Gasteiger partial charge in [-0.05, 0) is 13.3 Å². The number of hydrogen-bond donors (Lipinski definition) is 1. The van der Waals surface area contributed by atoms with Gasteiger partial charge in [-0.15, -0.1) is 0 Å². The number of ether oxygens (including phenoxy) is 1. The van der Waals surface area contributed by atoms with Gasteiger partial charge >= 0.3 is 0 Å². The molecule has 2 heterocycles. The standard InChI is InChI=1S/C12H24N2OS/c1-9-6-14(7-10(2)16-9)12(8-13)4-5-15-11(12)3/h9-11H,4-8,13H2,1-3H3. The monoisotopic (exact) mass is 244 g/mol. The average Bonchev–Trinajstić information content (AvgIpc) is 2.59.